The summed E-state index contributed by atoms with van der Waals surface area (Å²) in [5, 5.41) is 2.95. The number of carbonyl (C=O) groups excluding carboxylic acids is 2. The van der Waals surface area contributed by atoms with Gasteiger partial charge in [-0.05, 0) is 29.3 Å². The van der Waals surface area contributed by atoms with Crippen LogP contribution in [0.1, 0.15) is 11.1 Å². The van der Waals surface area contributed by atoms with E-state index in [0.29, 0.717) is 31.1 Å². The number of aromatic nitrogens is 1. The van der Waals surface area contributed by atoms with Gasteiger partial charge in [0, 0.05) is 25.5 Å². The van der Waals surface area contributed by atoms with Gasteiger partial charge in [0.15, 0.2) is 11.5 Å². The lowest BCUT2D eigenvalue weighted by Crippen LogP contribution is -2.43. The van der Waals surface area contributed by atoms with Crippen LogP contribution < -0.4 is 14.8 Å². The van der Waals surface area contributed by atoms with Gasteiger partial charge in [0.2, 0.25) is 18.6 Å². The summed E-state index contributed by atoms with van der Waals surface area (Å²) in [6.45, 7) is 1.45. The van der Waals surface area contributed by atoms with Crippen molar-refractivity contribution in [2.24, 2.45) is 11.8 Å². The van der Waals surface area contributed by atoms with E-state index < -0.39 is 17.4 Å². The minimum absolute atomic E-state index is 0.0500. The van der Waals surface area contributed by atoms with Gasteiger partial charge in [0.05, 0.1) is 24.5 Å². The van der Waals surface area contributed by atoms with E-state index in [0.717, 1.165) is 11.1 Å². The molecule has 4 atom stereocenters. The van der Waals surface area contributed by atoms with Gasteiger partial charge in [-0.2, -0.15) is 0 Å². The first kappa shape index (κ1) is 18.4. The van der Waals surface area contributed by atoms with Crippen LogP contribution in [-0.4, -0.2) is 46.7 Å². The van der Waals surface area contributed by atoms with Gasteiger partial charge < -0.3 is 24.4 Å². The Kier molecular flexibility index (Phi) is 4.04. The summed E-state index contributed by atoms with van der Waals surface area (Å²) in [5.74, 6) is 0.144. The maximum atomic E-state index is 13.4. The molecule has 6 rings (SSSR count). The number of rotatable bonds is 5. The topological polar surface area (TPSA) is 90.0 Å². The summed E-state index contributed by atoms with van der Waals surface area (Å²) in [6.07, 6.45) is 6.92. The normalized spacial score (nSPS) is 29.5. The summed E-state index contributed by atoms with van der Waals surface area (Å²) in [6, 6.07) is 9.41. The molecule has 0 aliphatic carbocycles. The molecule has 0 radical (unpaired) electrons. The quantitative estimate of drug-likeness (QED) is 0.737. The summed E-state index contributed by atoms with van der Waals surface area (Å²) in [4.78, 5) is 32.2. The lowest BCUT2D eigenvalue weighted by molar-refractivity contribution is -0.137. The third-order valence-electron chi connectivity index (χ3n) is 6.48. The Balaban J connectivity index is 1.19. The van der Waals surface area contributed by atoms with E-state index in [2.05, 4.69) is 10.3 Å². The third-order valence-corrected chi connectivity index (χ3v) is 6.48. The van der Waals surface area contributed by atoms with Gasteiger partial charge in [-0.3, -0.25) is 14.6 Å². The lowest BCUT2D eigenvalue weighted by Gasteiger charge is -2.23. The molecule has 4 aliphatic rings. The number of nitrogens with zero attached hydrogens (tertiary/aromatic N) is 2. The number of hydrogen-bond acceptors (Lipinski definition) is 6. The van der Waals surface area contributed by atoms with E-state index in [1.807, 2.05) is 42.5 Å². The SMILES string of the molecule is O=C(NCc1cccnc1)C1[C@@H]2C=C[C@@]3(CN(Cc4ccc5c(c4)OCO5)C(=O)[C@@H]13)O2. The molecule has 4 aliphatic heterocycles. The van der Waals surface area contributed by atoms with Crippen molar-refractivity contribution in [3.05, 3.63) is 66.0 Å². The van der Waals surface area contributed by atoms with E-state index in [9.17, 15) is 9.59 Å². The number of likely N-dealkylation sites (tertiary alicyclic amines) is 1. The van der Waals surface area contributed by atoms with Crippen molar-refractivity contribution in [3.8, 4) is 11.5 Å². The smallest absolute Gasteiger partial charge is 0.231 e. The lowest BCUT2D eigenvalue weighted by atomic mass is 9.77. The molecular weight excluding hydrogens is 398 g/mol. The molecule has 1 aromatic heterocycles. The molecule has 158 valence electrons. The second-order valence-electron chi connectivity index (χ2n) is 8.36. The Bertz CT molecular complexity index is 1090. The highest BCUT2D eigenvalue weighted by Crippen LogP contribution is 2.52. The summed E-state index contributed by atoms with van der Waals surface area (Å²) in [5.41, 5.74) is 1.13. The maximum Gasteiger partial charge on any atom is 0.231 e. The van der Waals surface area contributed by atoms with Crippen LogP contribution in [0.5, 0.6) is 11.5 Å². The van der Waals surface area contributed by atoms with Crippen molar-refractivity contribution in [2.45, 2.75) is 24.8 Å². The van der Waals surface area contributed by atoms with Gasteiger partial charge in [0.1, 0.15) is 5.60 Å². The van der Waals surface area contributed by atoms with E-state index in [1.54, 1.807) is 17.3 Å². The molecule has 2 fully saturated rings. The fourth-order valence-electron chi connectivity index (χ4n) is 5.08. The minimum Gasteiger partial charge on any atom is -0.454 e. The van der Waals surface area contributed by atoms with Gasteiger partial charge in [0.25, 0.3) is 0 Å². The van der Waals surface area contributed by atoms with E-state index in [-0.39, 0.29) is 24.7 Å². The molecule has 2 amide bonds. The molecule has 8 heteroatoms. The Morgan fingerprint density at radius 2 is 2.13 bits per heavy atom. The molecule has 1 N–H and O–H groups in total. The predicted molar refractivity (Wildman–Crippen MR) is 108 cm³/mol. The van der Waals surface area contributed by atoms with Crippen molar-refractivity contribution < 1.29 is 23.8 Å². The fourth-order valence-corrected chi connectivity index (χ4v) is 5.08. The van der Waals surface area contributed by atoms with E-state index >= 15 is 0 Å². The van der Waals surface area contributed by atoms with Crippen molar-refractivity contribution in [1.82, 2.24) is 15.2 Å². The minimum atomic E-state index is -0.728. The Morgan fingerprint density at radius 1 is 1.23 bits per heavy atom. The summed E-state index contributed by atoms with van der Waals surface area (Å²) in [7, 11) is 0. The van der Waals surface area contributed by atoms with Crippen LogP contribution in [0.4, 0.5) is 0 Å². The number of ether oxygens (including phenoxy) is 3. The first-order chi connectivity index (χ1) is 15.1. The molecule has 8 nitrogen and oxygen atoms in total. The number of pyridine rings is 1. The van der Waals surface area contributed by atoms with Gasteiger partial charge in [-0.25, -0.2) is 0 Å². The summed E-state index contributed by atoms with van der Waals surface area (Å²) >= 11 is 0. The van der Waals surface area contributed by atoms with Gasteiger partial charge >= 0.3 is 0 Å². The van der Waals surface area contributed by atoms with Crippen LogP contribution in [0.3, 0.4) is 0 Å². The van der Waals surface area contributed by atoms with Gasteiger partial charge in [-0.15, -0.1) is 0 Å². The fraction of sp³-hybridized carbons (Fsp3) is 0.348. The van der Waals surface area contributed by atoms with E-state index in [1.165, 1.54) is 0 Å². The molecule has 1 spiro atoms. The molecule has 2 bridgehead atoms. The number of fused-ring (bicyclic) bond motifs is 2. The monoisotopic (exact) mass is 419 g/mol. The predicted octanol–water partition coefficient (Wildman–Crippen LogP) is 1.41. The second kappa shape index (κ2) is 6.81. The standard InChI is InChI=1S/C23H21N3O5/c27-21(25-10-15-2-1-7-24-9-15)19-17-5-6-23(31-17)12-26(22(28)20(19)23)11-14-3-4-16-18(8-14)30-13-29-16/h1-9,17,19-20H,10-13H2,(H,25,27)/t17-,19?,20+,23-/m0/s1. The molecular formula is C23H21N3O5. The van der Waals surface area contributed by atoms with Crippen LogP contribution in [0.15, 0.2) is 54.9 Å². The highest BCUT2D eigenvalue weighted by molar-refractivity contribution is 5.93. The molecule has 1 aromatic carbocycles. The largest absolute Gasteiger partial charge is 0.454 e. The van der Waals surface area contributed by atoms with Crippen LogP contribution in [0.25, 0.3) is 0 Å². The number of amides is 2. The Morgan fingerprint density at radius 3 is 3.00 bits per heavy atom. The average molecular weight is 419 g/mol. The third kappa shape index (κ3) is 2.90. The van der Waals surface area contributed by atoms with Crippen molar-refractivity contribution >= 4 is 11.8 Å². The zero-order chi connectivity index (χ0) is 21.0. The molecule has 31 heavy (non-hydrogen) atoms. The van der Waals surface area contributed by atoms with Crippen molar-refractivity contribution in [1.29, 1.82) is 0 Å². The van der Waals surface area contributed by atoms with Crippen molar-refractivity contribution in [3.63, 3.8) is 0 Å². The highest BCUT2D eigenvalue weighted by atomic mass is 16.7. The number of benzene rings is 1. The van der Waals surface area contributed by atoms with Crippen LogP contribution >= 0.6 is 0 Å². The van der Waals surface area contributed by atoms with Crippen LogP contribution in [0.2, 0.25) is 0 Å². The average Bonchev–Trinajstić information content (AvgIpc) is 3.54. The summed E-state index contributed by atoms with van der Waals surface area (Å²) < 4.78 is 17.0. The molecule has 5 heterocycles. The molecule has 1 unspecified atom stereocenters. The van der Waals surface area contributed by atoms with Crippen LogP contribution in [-0.2, 0) is 27.4 Å². The molecule has 0 saturated carbocycles. The van der Waals surface area contributed by atoms with Gasteiger partial charge in [-0.1, -0.05) is 24.3 Å². The maximum absolute atomic E-state index is 13.4. The number of hydrogen-bond donors (Lipinski definition) is 1. The van der Waals surface area contributed by atoms with Crippen LogP contribution in [0, 0.1) is 11.8 Å². The Labute approximate surface area is 178 Å². The zero-order valence-electron chi connectivity index (χ0n) is 16.7. The van der Waals surface area contributed by atoms with E-state index in [4.69, 9.17) is 14.2 Å². The Hall–Kier alpha value is -3.39. The highest BCUT2D eigenvalue weighted by Gasteiger charge is 2.66. The number of carbonyl (C=O) groups is 2. The number of nitrogens with one attached hydrogen (secondary N) is 1. The molecule has 2 saturated heterocycles. The molecule has 2 aromatic rings. The zero-order valence-corrected chi connectivity index (χ0v) is 16.7. The first-order valence-corrected chi connectivity index (χ1v) is 10.3. The first-order valence-electron chi connectivity index (χ1n) is 10.3. The second-order valence-corrected chi connectivity index (χ2v) is 8.36. The van der Waals surface area contributed by atoms with Crippen molar-refractivity contribution in [2.75, 3.05) is 13.3 Å².